The van der Waals surface area contributed by atoms with Gasteiger partial charge in [-0.15, -0.1) is 11.3 Å². The zero-order chi connectivity index (χ0) is 26.4. The number of unbranched alkanes of at least 4 members (excludes halogenated alkanes) is 1. The third-order valence-electron chi connectivity index (χ3n) is 5.48. The summed E-state index contributed by atoms with van der Waals surface area (Å²) in [6, 6.07) is 13.2. The van der Waals surface area contributed by atoms with E-state index in [4.69, 9.17) is 16.3 Å². The van der Waals surface area contributed by atoms with Crippen molar-refractivity contribution in [3.8, 4) is 5.75 Å². The van der Waals surface area contributed by atoms with Crippen LogP contribution in [0.2, 0.25) is 5.02 Å². The molecule has 4 aromatic rings. The van der Waals surface area contributed by atoms with Crippen molar-refractivity contribution in [2.75, 3.05) is 32.6 Å². The normalized spacial score (nSPS) is 11.1. The second-order valence-electron chi connectivity index (χ2n) is 8.53. The van der Waals surface area contributed by atoms with Crippen molar-refractivity contribution in [3.05, 3.63) is 71.3 Å². The standard InChI is InChI=1S/C27H27ClN4O3S2/c1-17(27(33)34)19-14-20-22(15-23(19)35-11-5-4-10-32(2)3)29-16-30-26(20)31-18-8-9-24(21(28)13-18)37-25-7-6-12-36-25/h6-9,12-16H,1,4-5,10-11H2,2-3H3,(H,33,34)(H,29,30,31). The van der Waals surface area contributed by atoms with Gasteiger partial charge in [-0.3, -0.25) is 0 Å². The fourth-order valence-electron chi connectivity index (χ4n) is 3.59. The highest BCUT2D eigenvalue weighted by Crippen LogP contribution is 2.38. The minimum atomic E-state index is -1.12. The number of nitrogens with zero attached hydrogens (tertiary/aromatic N) is 3. The molecule has 0 radical (unpaired) electrons. The molecule has 0 unspecified atom stereocenters. The number of halogens is 1. The van der Waals surface area contributed by atoms with Crippen molar-refractivity contribution < 1.29 is 14.6 Å². The molecule has 0 spiro atoms. The Hall–Kier alpha value is -3.11. The summed E-state index contributed by atoms with van der Waals surface area (Å²) in [4.78, 5) is 23.6. The van der Waals surface area contributed by atoms with E-state index >= 15 is 0 Å². The van der Waals surface area contributed by atoms with Crippen molar-refractivity contribution >= 4 is 68.7 Å². The highest BCUT2D eigenvalue weighted by atomic mass is 35.5. The molecule has 0 aliphatic carbocycles. The lowest BCUT2D eigenvalue weighted by Crippen LogP contribution is -2.14. The lowest BCUT2D eigenvalue weighted by Gasteiger charge is -2.15. The van der Waals surface area contributed by atoms with Crippen molar-refractivity contribution in [2.24, 2.45) is 0 Å². The van der Waals surface area contributed by atoms with Gasteiger partial charge in [-0.05, 0) is 69.2 Å². The number of rotatable bonds is 12. The number of nitrogens with one attached hydrogen (secondary N) is 1. The van der Waals surface area contributed by atoms with Gasteiger partial charge in [0, 0.05) is 27.6 Å². The van der Waals surface area contributed by atoms with Crippen LogP contribution in [0.1, 0.15) is 18.4 Å². The van der Waals surface area contributed by atoms with Gasteiger partial charge in [0.05, 0.1) is 26.9 Å². The Morgan fingerprint density at radius 3 is 2.76 bits per heavy atom. The number of ether oxygens (including phenoxy) is 1. The molecule has 2 aromatic carbocycles. The van der Waals surface area contributed by atoms with Crippen LogP contribution in [0.15, 0.2) is 69.9 Å². The third kappa shape index (κ3) is 7.01. The number of anilines is 2. The maximum absolute atomic E-state index is 11.8. The lowest BCUT2D eigenvalue weighted by atomic mass is 10.0. The number of thiophene rings is 1. The largest absolute Gasteiger partial charge is 0.493 e. The average Bonchev–Trinajstić information content (AvgIpc) is 3.38. The Balaban J connectivity index is 1.60. The van der Waals surface area contributed by atoms with Crippen molar-refractivity contribution in [2.45, 2.75) is 21.9 Å². The number of carboxylic acids is 1. The van der Waals surface area contributed by atoms with Gasteiger partial charge < -0.3 is 20.1 Å². The van der Waals surface area contributed by atoms with Crippen LogP contribution < -0.4 is 10.1 Å². The molecule has 0 atom stereocenters. The Bertz CT molecular complexity index is 1410. The fourth-order valence-corrected chi connectivity index (χ4v) is 5.62. The van der Waals surface area contributed by atoms with E-state index in [-0.39, 0.29) is 5.57 Å². The van der Waals surface area contributed by atoms with E-state index in [1.165, 1.54) is 6.33 Å². The number of carboxylic acid groups (broad SMARTS) is 1. The summed E-state index contributed by atoms with van der Waals surface area (Å²) < 4.78 is 7.14. The van der Waals surface area contributed by atoms with E-state index in [1.54, 1.807) is 35.2 Å². The first-order valence-corrected chi connectivity index (χ1v) is 13.7. The van der Waals surface area contributed by atoms with Crippen LogP contribution in [0.5, 0.6) is 5.75 Å². The van der Waals surface area contributed by atoms with Crippen LogP contribution in [-0.4, -0.2) is 53.2 Å². The zero-order valence-electron chi connectivity index (χ0n) is 20.5. The molecule has 0 fully saturated rings. The van der Waals surface area contributed by atoms with Crippen LogP contribution >= 0.6 is 34.7 Å². The maximum atomic E-state index is 11.8. The Kier molecular flexibility index (Phi) is 9.04. The summed E-state index contributed by atoms with van der Waals surface area (Å²) in [5, 5.41) is 16.2. The van der Waals surface area contributed by atoms with Crippen molar-refractivity contribution in [3.63, 3.8) is 0 Å². The Morgan fingerprint density at radius 1 is 1.22 bits per heavy atom. The van der Waals surface area contributed by atoms with E-state index in [9.17, 15) is 9.90 Å². The number of hydrogen-bond acceptors (Lipinski definition) is 8. The number of carbonyl (C=O) groups is 1. The molecule has 37 heavy (non-hydrogen) atoms. The molecule has 0 bridgehead atoms. The second-order valence-corrected chi connectivity index (χ2v) is 11.2. The van der Waals surface area contributed by atoms with Gasteiger partial charge in [0.15, 0.2) is 0 Å². The van der Waals surface area contributed by atoms with Gasteiger partial charge in [-0.2, -0.15) is 0 Å². The van der Waals surface area contributed by atoms with Crippen LogP contribution in [-0.2, 0) is 4.79 Å². The maximum Gasteiger partial charge on any atom is 0.335 e. The molecular weight excluding hydrogens is 528 g/mol. The monoisotopic (exact) mass is 554 g/mol. The summed E-state index contributed by atoms with van der Waals surface area (Å²) in [5.41, 5.74) is 1.71. The molecule has 7 nitrogen and oxygen atoms in total. The smallest absolute Gasteiger partial charge is 0.335 e. The molecule has 10 heteroatoms. The van der Waals surface area contributed by atoms with Gasteiger partial charge >= 0.3 is 5.97 Å². The van der Waals surface area contributed by atoms with Gasteiger partial charge in [-0.25, -0.2) is 14.8 Å². The molecular formula is C27H27ClN4O3S2. The summed E-state index contributed by atoms with van der Waals surface area (Å²) in [7, 11) is 4.05. The van der Waals surface area contributed by atoms with E-state index < -0.39 is 5.97 Å². The SMILES string of the molecule is C=C(C(=O)O)c1cc2c(Nc3ccc(Sc4cccs4)c(Cl)c3)ncnc2cc1OCCCCN(C)C. The fraction of sp³-hybridized carbons (Fsp3) is 0.222. The Labute approximate surface area is 229 Å². The molecule has 0 saturated heterocycles. The molecule has 0 aliphatic heterocycles. The molecule has 0 amide bonds. The first-order valence-electron chi connectivity index (χ1n) is 11.6. The van der Waals surface area contributed by atoms with Gasteiger partial charge in [0.1, 0.15) is 17.9 Å². The predicted molar refractivity (Wildman–Crippen MR) is 153 cm³/mol. The molecule has 2 aromatic heterocycles. The molecule has 2 N–H and O–H groups in total. The van der Waals surface area contributed by atoms with Gasteiger partial charge in [0.25, 0.3) is 0 Å². The van der Waals surface area contributed by atoms with Crippen LogP contribution in [0, 0.1) is 0 Å². The molecule has 2 heterocycles. The minimum absolute atomic E-state index is 0.0574. The summed E-state index contributed by atoms with van der Waals surface area (Å²) in [6.45, 7) is 5.17. The van der Waals surface area contributed by atoms with Gasteiger partial charge in [-0.1, -0.05) is 36.0 Å². The van der Waals surface area contributed by atoms with Crippen LogP contribution in [0.3, 0.4) is 0 Å². The zero-order valence-corrected chi connectivity index (χ0v) is 22.9. The molecule has 0 saturated carbocycles. The van der Waals surface area contributed by atoms with Crippen LogP contribution in [0.4, 0.5) is 11.5 Å². The summed E-state index contributed by atoms with van der Waals surface area (Å²) in [6.07, 6.45) is 3.27. The minimum Gasteiger partial charge on any atom is -0.493 e. The van der Waals surface area contributed by atoms with Crippen molar-refractivity contribution in [1.29, 1.82) is 0 Å². The van der Waals surface area contributed by atoms with Crippen LogP contribution in [0.25, 0.3) is 16.5 Å². The number of aliphatic carboxylic acids is 1. The highest BCUT2D eigenvalue weighted by Gasteiger charge is 2.17. The van der Waals surface area contributed by atoms with Crippen molar-refractivity contribution in [1.82, 2.24) is 14.9 Å². The van der Waals surface area contributed by atoms with E-state index in [1.807, 2.05) is 43.7 Å². The Morgan fingerprint density at radius 2 is 2.05 bits per heavy atom. The highest BCUT2D eigenvalue weighted by molar-refractivity contribution is 8.01. The van der Waals surface area contributed by atoms with E-state index in [0.29, 0.717) is 39.7 Å². The predicted octanol–water partition coefficient (Wildman–Crippen LogP) is 7.06. The summed E-state index contributed by atoms with van der Waals surface area (Å²) >= 11 is 9.83. The molecule has 0 aliphatic rings. The number of fused-ring (bicyclic) bond motifs is 1. The van der Waals surface area contributed by atoms with E-state index in [2.05, 4.69) is 32.8 Å². The lowest BCUT2D eigenvalue weighted by molar-refractivity contribution is -0.130. The second kappa shape index (κ2) is 12.4. The number of hydrogen-bond donors (Lipinski definition) is 2. The third-order valence-corrected chi connectivity index (χ3v) is 8.02. The molecule has 4 rings (SSSR count). The quantitative estimate of drug-likeness (QED) is 0.142. The average molecular weight is 555 g/mol. The molecule has 192 valence electrons. The number of aromatic nitrogens is 2. The number of benzene rings is 2. The van der Waals surface area contributed by atoms with Gasteiger partial charge in [0.2, 0.25) is 0 Å². The first kappa shape index (κ1) is 26.9. The topological polar surface area (TPSA) is 87.6 Å². The van der Waals surface area contributed by atoms with E-state index in [0.717, 1.165) is 34.2 Å². The summed E-state index contributed by atoms with van der Waals surface area (Å²) in [5.74, 6) is -0.155. The first-order chi connectivity index (χ1) is 17.8.